The summed E-state index contributed by atoms with van der Waals surface area (Å²) in [6.07, 6.45) is -1.50. The van der Waals surface area contributed by atoms with Gasteiger partial charge in [0.2, 0.25) is 6.29 Å². The highest BCUT2D eigenvalue weighted by Crippen LogP contribution is 2.29. The zero-order valence-corrected chi connectivity index (χ0v) is 6.85. The summed E-state index contributed by atoms with van der Waals surface area (Å²) in [4.78, 5) is 14.6. The van der Waals surface area contributed by atoms with Crippen molar-refractivity contribution in [3.63, 3.8) is 0 Å². The van der Waals surface area contributed by atoms with Crippen molar-refractivity contribution >= 4 is 11.9 Å². The predicted molar refractivity (Wildman–Crippen MR) is 40.1 cm³/mol. The number of nitrogens with two attached hydrogens (primary N) is 1. The van der Waals surface area contributed by atoms with E-state index in [-0.39, 0.29) is 5.96 Å². The van der Waals surface area contributed by atoms with Crippen molar-refractivity contribution in [2.24, 2.45) is 10.7 Å². The van der Waals surface area contributed by atoms with Gasteiger partial charge in [-0.2, -0.15) is 0 Å². The van der Waals surface area contributed by atoms with Crippen LogP contribution in [0.15, 0.2) is 4.99 Å². The van der Waals surface area contributed by atoms with E-state index in [0.717, 1.165) is 0 Å². The van der Waals surface area contributed by atoms with Gasteiger partial charge in [0.1, 0.15) is 0 Å². The van der Waals surface area contributed by atoms with Gasteiger partial charge in [0, 0.05) is 0 Å². The fraction of sp³-hybridized carbons (Fsp3) is 0.667. The van der Waals surface area contributed by atoms with E-state index >= 15 is 0 Å². The second kappa shape index (κ2) is 2.41. The number of amides is 1. The van der Waals surface area contributed by atoms with E-state index < -0.39 is 24.2 Å². The van der Waals surface area contributed by atoms with Gasteiger partial charge in [0.25, 0.3) is 11.6 Å². The summed E-state index contributed by atoms with van der Waals surface area (Å²) in [5, 5.41) is 11.8. The molecule has 4 N–H and O–H groups in total. The number of hydrogen-bond acceptors (Lipinski definition) is 6. The smallest absolute Gasteiger partial charge is 0.292 e. The van der Waals surface area contributed by atoms with Crippen molar-refractivity contribution in [1.29, 1.82) is 0 Å². The average molecular weight is 187 g/mol. The van der Waals surface area contributed by atoms with Crippen LogP contribution < -0.4 is 11.1 Å². The Hall–Kier alpha value is -1.18. The summed E-state index contributed by atoms with van der Waals surface area (Å²) >= 11 is 0. The normalized spacial score (nSPS) is 43.8. The van der Waals surface area contributed by atoms with Crippen LogP contribution in [-0.4, -0.2) is 35.3 Å². The number of carbonyl (C=O) groups is 1. The van der Waals surface area contributed by atoms with Gasteiger partial charge in [0.15, 0.2) is 12.2 Å². The molecule has 2 rings (SSSR count). The molecule has 7 heteroatoms. The highest BCUT2D eigenvalue weighted by atomic mass is 16.9. The summed E-state index contributed by atoms with van der Waals surface area (Å²) < 4.78 is 9.90. The van der Waals surface area contributed by atoms with Crippen LogP contribution in [0.25, 0.3) is 0 Å². The van der Waals surface area contributed by atoms with Crippen LogP contribution in [-0.2, 0) is 14.3 Å². The molecule has 1 amide bonds. The lowest BCUT2D eigenvalue weighted by Gasteiger charge is -2.38. The predicted octanol–water partition coefficient (Wildman–Crippen LogP) is -2.16. The fourth-order valence-corrected chi connectivity index (χ4v) is 1.18. The third-order valence-electron chi connectivity index (χ3n) is 1.83. The molecule has 0 bridgehead atoms. The zero-order chi connectivity index (χ0) is 9.64. The van der Waals surface area contributed by atoms with Crippen LogP contribution in [0, 0.1) is 0 Å². The van der Waals surface area contributed by atoms with Crippen molar-refractivity contribution in [2.45, 2.75) is 25.2 Å². The minimum Gasteiger partial charge on any atom is -0.370 e. The topological polar surface area (TPSA) is 106 Å². The standard InChI is InChI=1S/C6H9N3O4/c1-2-12-4(13-2)6(11)3(10)8-5(7)9-6/h2,4,11H,1H3,(H3,7,8,9,10). The van der Waals surface area contributed by atoms with Crippen LogP contribution in [0.3, 0.4) is 0 Å². The van der Waals surface area contributed by atoms with Gasteiger partial charge in [-0.05, 0) is 6.92 Å². The van der Waals surface area contributed by atoms with E-state index in [1.807, 2.05) is 0 Å². The molecular formula is C6H9N3O4. The Kier molecular flexibility index (Phi) is 1.56. The molecule has 1 saturated heterocycles. The molecule has 0 spiro atoms. The fourth-order valence-electron chi connectivity index (χ4n) is 1.18. The van der Waals surface area contributed by atoms with Gasteiger partial charge in [-0.15, -0.1) is 0 Å². The number of nitrogens with zero attached hydrogens (tertiary/aromatic N) is 1. The largest absolute Gasteiger partial charge is 0.370 e. The van der Waals surface area contributed by atoms with Crippen LogP contribution in [0.1, 0.15) is 6.92 Å². The summed E-state index contributed by atoms with van der Waals surface area (Å²) in [6.45, 7) is 1.64. The summed E-state index contributed by atoms with van der Waals surface area (Å²) in [6, 6.07) is 0. The highest BCUT2D eigenvalue weighted by Gasteiger charge is 2.55. The van der Waals surface area contributed by atoms with Crippen LogP contribution >= 0.6 is 0 Å². The second-order valence-electron chi connectivity index (χ2n) is 2.85. The lowest BCUT2D eigenvalue weighted by atomic mass is 10.2. The molecule has 0 aliphatic carbocycles. The van der Waals surface area contributed by atoms with Crippen molar-refractivity contribution in [2.75, 3.05) is 0 Å². The summed E-state index contributed by atoms with van der Waals surface area (Å²) in [5.74, 6) is -0.874. The molecule has 1 unspecified atom stereocenters. The number of aliphatic hydroxyl groups is 1. The number of carbonyl (C=O) groups excluding carboxylic acids is 1. The van der Waals surface area contributed by atoms with Gasteiger partial charge in [-0.3, -0.25) is 10.1 Å². The molecule has 1 atom stereocenters. The number of ether oxygens (including phenoxy) is 2. The molecular weight excluding hydrogens is 178 g/mol. The molecule has 0 aromatic carbocycles. The van der Waals surface area contributed by atoms with E-state index in [1.165, 1.54) is 0 Å². The molecule has 0 aromatic rings. The Morgan fingerprint density at radius 1 is 1.69 bits per heavy atom. The number of aliphatic imine (C=N–C) groups is 1. The number of hydrogen-bond donors (Lipinski definition) is 3. The minimum atomic E-state index is -2.03. The Morgan fingerprint density at radius 3 is 2.69 bits per heavy atom. The van der Waals surface area contributed by atoms with Gasteiger partial charge >= 0.3 is 0 Å². The first-order chi connectivity index (χ1) is 6.02. The molecule has 0 saturated carbocycles. The van der Waals surface area contributed by atoms with Crippen molar-refractivity contribution < 1.29 is 19.4 Å². The number of nitrogens with one attached hydrogen (secondary N) is 1. The Morgan fingerprint density at radius 2 is 2.31 bits per heavy atom. The number of guanidine groups is 1. The van der Waals surface area contributed by atoms with Crippen LogP contribution in [0.5, 0.6) is 0 Å². The first-order valence-corrected chi connectivity index (χ1v) is 3.72. The third-order valence-corrected chi connectivity index (χ3v) is 1.83. The van der Waals surface area contributed by atoms with Gasteiger partial charge in [-0.1, -0.05) is 0 Å². The monoisotopic (exact) mass is 187 g/mol. The van der Waals surface area contributed by atoms with E-state index in [1.54, 1.807) is 6.92 Å². The quantitative estimate of drug-likeness (QED) is 0.433. The molecule has 2 heterocycles. The van der Waals surface area contributed by atoms with E-state index in [2.05, 4.69) is 10.3 Å². The first-order valence-electron chi connectivity index (χ1n) is 3.72. The van der Waals surface area contributed by atoms with Gasteiger partial charge in [0.05, 0.1) is 0 Å². The molecule has 7 nitrogen and oxygen atoms in total. The van der Waals surface area contributed by atoms with Gasteiger partial charge < -0.3 is 20.3 Å². The maximum Gasteiger partial charge on any atom is 0.292 e. The molecule has 0 radical (unpaired) electrons. The third kappa shape index (κ3) is 1.09. The van der Waals surface area contributed by atoms with Crippen molar-refractivity contribution in [3.8, 4) is 0 Å². The maximum atomic E-state index is 11.1. The Balaban J connectivity index is 2.16. The molecule has 2 aliphatic heterocycles. The van der Waals surface area contributed by atoms with Gasteiger partial charge in [-0.25, -0.2) is 4.99 Å². The molecule has 13 heavy (non-hydrogen) atoms. The van der Waals surface area contributed by atoms with Crippen molar-refractivity contribution in [3.05, 3.63) is 0 Å². The highest BCUT2D eigenvalue weighted by molar-refractivity contribution is 6.05. The molecule has 0 aromatic heterocycles. The van der Waals surface area contributed by atoms with Crippen molar-refractivity contribution in [1.82, 2.24) is 5.32 Å². The molecule has 1 fully saturated rings. The average Bonchev–Trinajstić information content (AvgIpc) is 2.21. The SMILES string of the molecule is CC1OC(C2(O)N=C(N)NC2=O)O1. The molecule has 72 valence electrons. The first kappa shape index (κ1) is 8.42. The summed E-state index contributed by atoms with van der Waals surface area (Å²) in [7, 11) is 0. The number of rotatable bonds is 1. The van der Waals surface area contributed by atoms with Crippen LogP contribution in [0.4, 0.5) is 0 Å². The van der Waals surface area contributed by atoms with E-state index in [9.17, 15) is 9.90 Å². The van der Waals surface area contributed by atoms with Crippen LogP contribution in [0.2, 0.25) is 0 Å². The minimum absolute atomic E-state index is 0.140. The lowest BCUT2D eigenvalue weighted by Crippen LogP contribution is -2.58. The summed E-state index contributed by atoms with van der Waals surface area (Å²) in [5.41, 5.74) is 3.17. The maximum absolute atomic E-state index is 11.1. The molecule has 2 aliphatic rings. The second-order valence-corrected chi connectivity index (χ2v) is 2.85. The van der Waals surface area contributed by atoms with E-state index in [0.29, 0.717) is 0 Å². The Labute approximate surface area is 73.5 Å². The lowest BCUT2D eigenvalue weighted by molar-refractivity contribution is -0.410. The van der Waals surface area contributed by atoms with E-state index in [4.69, 9.17) is 15.2 Å². The zero-order valence-electron chi connectivity index (χ0n) is 6.85. The Bertz CT molecular complexity index is 286.